The first kappa shape index (κ1) is 14.7. The summed E-state index contributed by atoms with van der Waals surface area (Å²) < 4.78 is 5.24. The molecule has 21 heavy (non-hydrogen) atoms. The molecule has 4 nitrogen and oxygen atoms in total. The van der Waals surface area contributed by atoms with E-state index < -0.39 is 5.97 Å². The number of benzene rings is 2. The fourth-order valence-electron chi connectivity index (χ4n) is 2.07. The van der Waals surface area contributed by atoms with Gasteiger partial charge in [-0.2, -0.15) is 0 Å². The van der Waals surface area contributed by atoms with Gasteiger partial charge in [0.1, 0.15) is 11.5 Å². The molecular weight excluding hydrogens is 268 g/mol. The number of ether oxygens (including phenoxy) is 1. The Morgan fingerprint density at radius 1 is 1.19 bits per heavy atom. The van der Waals surface area contributed by atoms with Gasteiger partial charge >= 0.3 is 5.97 Å². The number of phenols is 1. The van der Waals surface area contributed by atoms with Gasteiger partial charge in [-0.05, 0) is 42.8 Å². The lowest BCUT2D eigenvalue weighted by Crippen LogP contribution is -2.02. The van der Waals surface area contributed by atoms with Crippen LogP contribution in [0, 0.1) is 6.92 Å². The second-order valence-electron chi connectivity index (χ2n) is 4.66. The van der Waals surface area contributed by atoms with Gasteiger partial charge in [0.05, 0.1) is 12.7 Å². The Labute approximate surface area is 122 Å². The van der Waals surface area contributed by atoms with Gasteiger partial charge in [0, 0.05) is 5.56 Å². The predicted molar refractivity (Wildman–Crippen MR) is 81.3 cm³/mol. The number of aromatic hydroxyl groups is 1. The molecule has 0 aliphatic carbocycles. The van der Waals surface area contributed by atoms with Crippen LogP contribution in [0.5, 0.6) is 11.5 Å². The molecule has 0 saturated heterocycles. The zero-order valence-corrected chi connectivity index (χ0v) is 11.8. The Morgan fingerprint density at radius 2 is 1.95 bits per heavy atom. The van der Waals surface area contributed by atoms with Crippen LogP contribution in [0.15, 0.2) is 42.5 Å². The molecule has 0 heterocycles. The fraction of sp³-hybridized carbons (Fsp3) is 0.118. The largest absolute Gasteiger partial charge is 0.508 e. The van der Waals surface area contributed by atoms with E-state index in [0.29, 0.717) is 16.9 Å². The maximum absolute atomic E-state index is 11.6. The van der Waals surface area contributed by atoms with Gasteiger partial charge in [0.25, 0.3) is 0 Å². The summed E-state index contributed by atoms with van der Waals surface area (Å²) in [5.74, 6) is -0.471. The van der Waals surface area contributed by atoms with Gasteiger partial charge in [0.2, 0.25) is 0 Å². The number of carboxylic acid groups (broad SMARTS) is 1. The van der Waals surface area contributed by atoms with E-state index in [-0.39, 0.29) is 11.3 Å². The smallest absolute Gasteiger partial charge is 0.336 e. The van der Waals surface area contributed by atoms with Crippen LogP contribution in [0.1, 0.15) is 16.7 Å². The van der Waals surface area contributed by atoms with Crippen molar-refractivity contribution in [2.24, 2.45) is 0 Å². The highest BCUT2D eigenvalue weighted by molar-refractivity contribution is 6.21. The van der Waals surface area contributed by atoms with Gasteiger partial charge in [-0.25, -0.2) is 4.79 Å². The highest BCUT2D eigenvalue weighted by atomic mass is 16.5. The molecule has 0 fully saturated rings. The quantitative estimate of drug-likeness (QED) is 0.667. The number of carboxylic acids is 1. The summed E-state index contributed by atoms with van der Waals surface area (Å²) in [4.78, 5) is 11.6. The molecule has 4 heteroatoms. The van der Waals surface area contributed by atoms with E-state index in [1.807, 2.05) is 13.0 Å². The van der Waals surface area contributed by atoms with Crippen molar-refractivity contribution in [1.29, 1.82) is 0 Å². The van der Waals surface area contributed by atoms with Crippen LogP contribution < -0.4 is 4.74 Å². The molecule has 108 valence electrons. The molecule has 2 aromatic carbocycles. The third-order valence-corrected chi connectivity index (χ3v) is 3.06. The van der Waals surface area contributed by atoms with Gasteiger partial charge in [-0.15, -0.1) is 0 Å². The first-order valence-electron chi connectivity index (χ1n) is 6.40. The summed E-state index contributed by atoms with van der Waals surface area (Å²) in [5, 5.41) is 19.0. The molecule has 0 aliphatic rings. The molecule has 2 N–H and O–H groups in total. The third kappa shape index (κ3) is 3.42. The number of rotatable bonds is 4. The molecule has 2 aromatic rings. The summed E-state index contributed by atoms with van der Waals surface area (Å²) in [7, 11) is 1.50. The molecule has 0 amide bonds. The molecule has 0 saturated carbocycles. The Balaban J connectivity index is 2.59. The normalized spacial score (nSPS) is 11.2. The zero-order valence-electron chi connectivity index (χ0n) is 11.8. The number of hydrogen-bond acceptors (Lipinski definition) is 3. The lowest BCUT2D eigenvalue weighted by atomic mass is 10.00. The summed E-state index contributed by atoms with van der Waals surface area (Å²) in [6.45, 7) is 1.89. The lowest BCUT2D eigenvalue weighted by molar-refractivity contribution is -0.130. The molecule has 0 spiro atoms. The number of carbonyl (C=O) groups is 1. The second kappa shape index (κ2) is 6.13. The molecule has 2 rings (SSSR count). The van der Waals surface area contributed by atoms with Crippen molar-refractivity contribution >= 4 is 17.6 Å². The van der Waals surface area contributed by atoms with Crippen molar-refractivity contribution in [1.82, 2.24) is 0 Å². The van der Waals surface area contributed by atoms with Crippen molar-refractivity contribution in [2.45, 2.75) is 6.92 Å². The maximum atomic E-state index is 11.6. The highest BCUT2D eigenvalue weighted by Gasteiger charge is 2.15. The number of hydrogen-bond donors (Lipinski definition) is 2. The van der Waals surface area contributed by atoms with Crippen LogP contribution in [0.2, 0.25) is 0 Å². The van der Waals surface area contributed by atoms with Crippen molar-refractivity contribution < 1.29 is 19.7 Å². The number of aryl methyl sites for hydroxylation is 1. The molecule has 0 aliphatic heterocycles. The highest BCUT2D eigenvalue weighted by Crippen LogP contribution is 2.29. The SMILES string of the molecule is COc1ccc(C)cc1/C(=C/c1cccc(O)c1)C(=O)O. The van der Waals surface area contributed by atoms with Crippen LogP contribution in [0.25, 0.3) is 11.6 Å². The van der Waals surface area contributed by atoms with Crippen molar-refractivity contribution in [3.05, 3.63) is 59.2 Å². The number of phenolic OH excluding ortho intramolecular Hbond substituents is 1. The van der Waals surface area contributed by atoms with Crippen molar-refractivity contribution in [2.75, 3.05) is 7.11 Å². The van der Waals surface area contributed by atoms with E-state index in [1.54, 1.807) is 24.3 Å². The average Bonchev–Trinajstić information content (AvgIpc) is 2.44. The molecule has 0 aromatic heterocycles. The van der Waals surface area contributed by atoms with Crippen LogP contribution in [0.3, 0.4) is 0 Å². The number of aliphatic carboxylic acids is 1. The molecule has 0 atom stereocenters. The first-order chi connectivity index (χ1) is 10.0. The van der Waals surface area contributed by atoms with E-state index in [9.17, 15) is 15.0 Å². The summed E-state index contributed by atoms with van der Waals surface area (Å²) in [6, 6.07) is 11.8. The lowest BCUT2D eigenvalue weighted by Gasteiger charge is -2.10. The molecule has 0 unspecified atom stereocenters. The van der Waals surface area contributed by atoms with Gasteiger partial charge < -0.3 is 14.9 Å². The van der Waals surface area contributed by atoms with E-state index in [1.165, 1.54) is 25.3 Å². The van der Waals surface area contributed by atoms with Crippen LogP contribution in [0.4, 0.5) is 0 Å². The third-order valence-electron chi connectivity index (χ3n) is 3.06. The van der Waals surface area contributed by atoms with Gasteiger partial charge in [0.15, 0.2) is 0 Å². The van der Waals surface area contributed by atoms with Crippen molar-refractivity contribution in [3.63, 3.8) is 0 Å². The minimum absolute atomic E-state index is 0.0877. The Morgan fingerprint density at radius 3 is 2.57 bits per heavy atom. The van der Waals surface area contributed by atoms with Crippen molar-refractivity contribution in [3.8, 4) is 11.5 Å². The molecular formula is C17H16O4. The van der Waals surface area contributed by atoms with Crippen LogP contribution >= 0.6 is 0 Å². The Hall–Kier alpha value is -2.75. The maximum Gasteiger partial charge on any atom is 0.336 e. The fourth-order valence-corrected chi connectivity index (χ4v) is 2.07. The van der Waals surface area contributed by atoms with E-state index >= 15 is 0 Å². The predicted octanol–water partition coefficient (Wildman–Crippen LogP) is 3.33. The van der Waals surface area contributed by atoms with Crippen LogP contribution in [-0.2, 0) is 4.79 Å². The van der Waals surface area contributed by atoms with E-state index in [4.69, 9.17) is 4.74 Å². The summed E-state index contributed by atoms with van der Waals surface area (Å²) >= 11 is 0. The minimum atomic E-state index is -1.05. The minimum Gasteiger partial charge on any atom is -0.508 e. The van der Waals surface area contributed by atoms with E-state index in [2.05, 4.69) is 0 Å². The number of methoxy groups -OCH3 is 1. The molecule has 0 radical (unpaired) electrons. The summed E-state index contributed by atoms with van der Waals surface area (Å²) in [5.41, 5.74) is 2.17. The standard InChI is InChI=1S/C17H16O4/c1-11-6-7-16(21-2)14(8-11)15(17(19)20)10-12-4-3-5-13(18)9-12/h3-10,18H,1-2H3,(H,19,20)/b15-10-. The monoisotopic (exact) mass is 284 g/mol. The zero-order chi connectivity index (χ0) is 15.4. The second-order valence-corrected chi connectivity index (χ2v) is 4.66. The van der Waals surface area contributed by atoms with Crippen LogP contribution in [-0.4, -0.2) is 23.3 Å². The van der Waals surface area contributed by atoms with Gasteiger partial charge in [-0.1, -0.05) is 23.8 Å². The summed E-state index contributed by atoms with van der Waals surface area (Å²) in [6.07, 6.45) is 1.51. The molecule has 0 bridgehead atoms. The Bertz CT molecular complexity index is 702. The average molecular weight is 284 g/mol. The van der Waals surface area contributed by atoms with E-state index in [0.717, 1.165) is 5.56 Å². The van der Waals surface area contributed by atoms with Gasteiger partial charge in [-0.3, -0.25) is 0 Å². The first-order valence-corrected chi connectivity index (χ1v) is 6.40. The Kier molecular flexibility index (Phi) is 4.28. The topological polar surface area (TPSA) is 66.8 Å².